The summed E-state index contributed by atoms with van der Waals surface area (Å²) in [6.07, 6.45) is 12.9. The molecule has 3 aromatic heterocycles. The molecule has 8 rings (SSSR count). The molecule has 1 spiro atoms. The van der Waals surface area contributed by atoms with Crippen molar-refractivity contribution >= 4 is 27.5 Å². The number of ether oxygens (including phenoxy) is 1. The SMILES string of the molecule is CN(C)c1cc(-c2cn(Cc3ccc4cc(CN5CCC6(CCC6)C5)[nH]c4c3)nn2)c2cnn(C3CCCCO3)c2c1. The van der Waals surface area contributed by atoms with Crippen molar-refractivity contribution in [2.24, 2.45) is 5.41 Å². The summed E-state index contributed by atoms with van der Waals surface area (Å²) >= 11 is 0. The summed E-state index contributed by atoms with van der Waals surface area (Å²) in [5.41, 5.74) is 8.42. The minimum Gasteiger partial charge on any atom is -0.378 e. The second kappa shape index (κ2) is 10.2. The van der Waals surface area contributed by atoms with Crippen LogP contribution in [0.15, 0.2) is 48.8 Å². The summed E-state index contributed by atoms with van der Waals surface area (Å²) < 4.78 is 10.1. The third kappa shape index (κ3) is 4.68. The second-order valence-corrected chi connectivity index (χ2v) is 13.1. The first-order chi connectivity index (χ1) is 20.5. The van der Waals surface area contributed by atoms with Crippen LogP contribution in [0.1, 0.15) is 62.4 Å². The number of hydrogen-bond acceptors (Lipinski definition) is 6. The Kier molecular flexibility index (Phi) is 6.33. The molecule has 2 aliphatic heterocycles. The van der Waals surface area contributed by atoms with E-state index in [0.29, 0.717) is 12.0 Å². The smallest absolute Gasteiger partial charge is 0.150 e. The van der Waals surface area contributed by atoms with E-state index in [1.165, 1.54) is 60.9 Å². The van der Waals surface area contributed by atoms with Crippen molar-refractivity contribution in [3.8, 4) is 11.3 Å². The third-order valence-corrected chi connectivity index (χ3v) is 9.87. The van der Waals surface area contributed by atoms with Crippen LogP contribution in [0.3, 0.4) is 0 Å². The first-order valence-corrected chi connectivity index (χ1v) is 15.6. The van der Waals surface area contributed by atoms with Crippen LogP contribution in [0.25, 0.3) is 33.1 Å². The Balaban J connectivity index is 1.03. The number of fused-ring (bicyclic) bond motifs is 2. The number of likely N-dealkylation sites (tertiary alicyclic amines) is 1. The number of aromatic nitrogens is 6. The number of nitrogens with zero attached hydrogens (tertiary/aromatic N) is 7. The first kappa shape index (κ1) is 26.0. The normalized spacial score (nSPS) is 20.6. The van der Waals surface area contributed by atoms with E-state index < -0.39 is 0 Å². The lowest BCUT2D eigenvalue weighted by atomic mass is 9.68. The molecule has 2 saturated heterocycles. The zero-order valence-electron chi connectivity index (χ0n) is 24.7. The Morgan fingerprint density at radius 2 is 1.98 bits per heavy atom. The molecule has 5 heterocycles. The highest BCUT2D eigenvalue weighted by Gasteiger charge is 2.42. The van der Waals surface area contributed by atoms with Gasteiger partial charge in [0.05, 0.1) is 24.5 Å². The summed E-state index contributed by atoms with van der Waals surface area (Å²) in [7, 11) is 4.13. The molecular formula is C33H40N8O. The molecular weight excluding hydrogens is 524 g/mol. The zero-order valence-corrected chi connectivity index (χ0v) is 24.7. The first-order valence-electron chi connectivity index (χ1n) is 15.6. The predicted molar refractivity (Wildman–Crippen MR) is 165 cm³/mol. The van der Waals surface area contributed by atoms with Gasteiger partial charge >= 0.3 is 0 Å². The lowest BCUT2D eigenvalue weighted by molar-refractivity contribution is -0.0366. The molecule has 3 fully saturated rings. The fraction of sp³-hybridized carbons (Fsp3) is 0.485. The van der Waals surface area contributed by atoms with Crippen molar-refractivity contribution in [1.29, 1.82) is 0 Å². The Hall–Kier alpha value is -3.69. The van der Waals surface area contributed by atoms with Gasteiger partial charge in [-0.1, -0.05) is 23.8 Å². The molecule has 218 valence electrons. The van der Waals surface area contributed by atoms with Crippen LogP contribution in [0, 0.1) is 5.41 Å². The maximum absolute atomic E-state index is 6.08. The van der Waals surface area contributed by atoms with Crippen LogP contribution < -0.4 is 4.90 Å². The molecule has 1 aliphatic carbocycles. The molecule has 1 atom stereocenters. The van der Waals surface area contributed by atoms with Gasteiger partial charge in [-0.3, -0.25) is 4.90 Å². The summed E-state index contributed by atoms with van der Waals surface area (Å²) in [4.78, 5) is 8.46. The molecule has 3 aliphatic rings. The number of H-pyrrole nitrogens is 1. The van der Waals surface area contributed by atoms with E-state index in [0.717, 1.165) is 60.3 Å². The number of anilines is 1. The number of rotatable bonds is 7. The third-order valence-electron chi connectivity index (χ3n) is 9.87. The maximum Gasteiger partial charge on any atom is 0.150 e. The Bertz CT molecular complexity index is 1740. The monoisotopic (exact) mass is 564 g/mol. The van der Waals surface area contributed by atoms with Gasteiger partial charge in [0.15, 0.2) is 6.23 Å². The predicted octanol–water partition coefficient (Wildman–Crippen LogP) is 5.97. The van der Waals surface area contributed by atoms with Crippen molar-refractivity contribution in [2.75, 3.05) is 38.7 Å². The molecule has 5 aromatic rings. The molecule has 1 N–H and O–H groups in total. The van der Waals surface area contributed by atoms with Gasteiger partial charge in [0.25, 0.3) is 0 Å². The van der Waals surface area contributed by atoms with Crippen LogP contribution in [0.5, 0.6) is 0 Å². The van der Waals surface area contributed by atoms with E-state index in [-0.39, 0.29) is 6.23 Å². The minimum absolute atomic E-state index is 0.0182. The average molecular weight is 565 g/mol. The van der Waals surface area contributed by atoms with Gasteiger partial charge in [0, 0.05) is 61.6 Å². The van der Waals surface area contributed by atoms with Crippen LogP contribution >= 0.6 is 0 Å². The highest BCUT2D eigenvalue weighted by Crippen LogP contribution is 2.48. The number of nitrogens with one attached hydrogen (secondary N) is 1. The summed E-state index contributed by atoms with van der Waals surface area (Å²) in [5, 5.41) is 16.3. The number of benzene rings is 2. The Morgan fingerprint density at radius 3 is 2.76 bits per heavy atom. The van der Waals surface area contributed by atoms with Crippen molar-refractivity contribution in [2.45, 2.75) is 64.3 Å². The second-order valence-electron chi connectivity index (χ2n) is 13.1. The molecule has 9 heteroatoms. The lowest BCUT2D eigenvalue weighted by Crippen LogP contribution is -2.32. The highest BCUT2D eigenvalue weighted by atomic mass is 16.5. The standard InChI is InChI=1S/C33H40N8O/c1-38(2)26-16-27(28-18-34-41(31(28)17-26)32-6-3-4-13-42-32)30-21-40(37-36-30)19-23-7-8-24-15-25(35-29(24)14-23)20-39-12-11-33(22-39)9-5-10-33/h7-8,14-18,21,32,35H,3-6,9-13,19-20,22H2,1-2H3. The molecule has 9 nitrogen and oxygen atoms in total. The van der Waals surface area contributed by atoms with Gasteiger partial charge in [-0.05, 0) is 85.7 Å². The average Bonchev–Trinajstić information content (AvgIpc) is 3.78. The Labute approximate surface area is 246 Å². The largest absolute Gasteiger partial charge is 0.378 e. The quantitative estimate of drug-likeness (QED) is 0.263. The van der Waals surface area contributed by atoms with Gasteiger partial charge in [0.1, 0.15) is 5.69 Å². The van der Waals surface area contributed by atoms with E-state index in [4.69, 9.17) is 9.84 Å². The highest BCUT2D eigenvalue weighted by molar-refractivity contribution is 5.96. The molecule has 42 heavy (non-hydrogen) atoms. The van der Waals surface area contributed by atoms with Crippen molar-refractivity contribution in [3.05, 3.63) is 60.0 Å². The fourth-order valence-corrected chi connectivity index (χ4v) is 7.34. The van der Waals surface area contributed by atoms with Crippen molar-refractivity contribution < 1.29 is 4.74 Å². The van der Waals surface area contributed by atoms with Crippen LogP contribution in [-0.2, 0) is 17.8 Å². The van der Waals surface area contributed by atoms with Crippen LogP contribution in [-0.4, -0.2) is 68.4 Å². The molecule has 1 saturated carbocycles. The van der Waals surface area contributed by atoms with E-state index in [9.17, 15) is 0 Å². The van der Waals surface area contributed by atoms with E-state index >= 15 is 0 Å². The number of hydrogen-bond donors (Lipinski definition) is 1. The van der Waals surface area contributed by atoms with E-state index in [1.54, 1.807) is 0 Å². The molecule has 0 amide bonds. The summed E-state index contributed by atoms with van der Waals surface area (Å²) in [5.74, 6) is 0. The number of aromatic amines is 1. The summed E-state index contributed by atoms with van der Waals surface area (Å²) in [6.45, 7) is 4.96. The summed E-state index contributed by atoms with van der Waals surface area (Å²) in [6, 6.07) is 13.4. The van der Waals surface area contributed by atoms with Crippen molar-refractivity contribution in [3.63, 3.8) is 0 Å². The van der Waals surface area contributed by atoms with Crippen molar-refractivity contribution in [1.82, 2.24) is 34.7 Å². The van der Waals surface area contributed by atoms with E-state index in [1.807, 2.05) is 15.6 Å². The zero-order chi connectivity index (χ0) is 28.3. The Morgan fingerprint density at radius 1 is 1.05 bits per heavy atom. The molecule has 1 unspecified atom stereocenters. The minimum atomic E-state index is -0.0182. The molecule has 0 bridgehead atoms. The van der Waals surface area contributed by atoms with Gasteiger partial charge in [-0.15, -0.1) is 5.10 Å². The van der Waals surface area contributed by atoms with Crippen LogP contribution in [0.4, 0.5) is 5.69 Å². The topological polar surface area (TPSA) is 80.0 Å². The molecule has 0 radical (unpaired) electrons. The lowest BCUT2D eigenvalue weighted by Gasteiger charge is -2.38. The van der Waals surface area contributed by atoms with Gasteiger partial charge in [-0.2, -0.15) is 5.10 Å². The van der Waals surface area contributed by atoms with Gasteiger partial charge in [0.2, 0.25) is 0 Å². The van der Waals surface area contributed by atoms with Crippen LogP contribution in [0.2, 0.25) is 0 Å². The van der Waals surface area contributed by atoms with Gasteiger partial charge in [-0.25, -0.2) is 9.36 Å². The van der Waals surface area contributed by atoms with Gasteiger partial charge < -0.3 is 14.6 Å². The fourth-order valence-electron chi connectivity index (χ4n) is 7.34. The molecule has 2 aromatic carbocycles. The maximum atomic E-state index is 6.08. The van der Waals surface area contributed by atoms with E-state index in [2.05, 4.69) is 81.8 Å².